The number of anilines is 1. The van der Waals surface area contributed by atoms with Crippen molar-refractivity contribution in [3.05, 3.63) is 44.9 Å². The summed E-state index contributed by atoms with van der Waals surface area (Å²) in [5.74, 6) is -0.213. The Kier molecular flexibility index (Phi) is 3.41. The van der Waals surface area contributed by atoms with Gasteiger partial charge in [0.05, 0.1) is 5.56 Å². The summed E-state index contributed by atoms with van der Waals surface area (Å²) in [4.78, 5) is 11.9. The summed E-state index contributed by atoms with van der Waals surface area (Å²) in [6, 6.07) is 5.73. The molecular weight excluding hydrogens is 336 g/mol. The second kappa shape index (κ2) is 4.82. The van der Waals surface area contributed by atoms with Crippen LogP contribution in [0.1, 0.15) is 16.1 Å². The fraction of sp³-hybridized carbons (Fsp3) is 0.0909. The number of aromatic nitrogens is 2. The standard InChI is InChI=1S/C11H9FIN3O/c1-6-4-10(16-15-6)14-11(17)8-3-2-7(12)5-9(8)13/h2-5H,1H3,(H2,14,15,16,17). The predicted octanol–water partition coefficient (Wildman–Crippen LogP) is 2.71. The molecule has 1 aromatic heterocycles. The van der Waals surface area contributed by atoms with Gasteiger partial charge in [-0.3, -0.25) is 9.89 Å². The van der Waals surface area contributed by atoms with Gasteiger partial charge in [0, 0.05) is 15.3 Å². The van der Waals surface area contributed by atoms with E-state index in [1.807, 2.05) is 29.5 Å². The van der Waals surface area contributed by atoms with Crippen LogP contribution in [-0.2, 0) is 0 Å². The smallest absolute Gasteiger partial charge is 0.257 e. The number of nitrogens with one attached hydrogen (secondary N) is 2. The van der Waals surface area contributed by atoms with E-state index in [9.17, 15) is 9.18 Å². The highest BCUT2D eigenvalue weighted by Gasteiger charge is 2.11. The monoisotopic (exact) mass is 345 g/mol. The number of nitrogens with zero attached hydrogens (tertiary/aromatic N) is 1. The van der Waals surface area contributed by atoms with Gasteiger partial charge < -0.3 is 5.32 Å². The fourth-order valence-electron chi connectivity index (χ4n) is 1.34. The molecule has 1 amide bonds. The SMILES string of the molecule is Cc1cc(NC(=O)c2ccc(F)cc2I)n[nH]1. The molecule has 0 saturated heterocycles. The van der Waals surface area contributed by atoms with Crippen LogP contribution in [0, 0.1) is 16.3 Å². The zero-order valence-corrected chi connectivity index (χ0v) is 11.1. The van der Waals surface area contributed by atoms with Gasteiger partial charge in [-0.25, -0.2) is 4.39 Å². The first kappa shape index (κ1) is 12.0. The second-order valence-electron chi connectivity index (χ2n) is 3.51. The average molecular weight is 345 g/mol. The van der Waals surface area contributed by atoms with E-state index in [0.29, 0.717) is 15.0 Å². The van der Waals surface area contributed by atoms with Gasteiger partial charge in [0.25, 0.3) is 5.91 Å². The summed E-state index contributed by atoms with van der Waals surface area (Å²) in [6.45, 7) is 1.84. The van der Waals surface area contributed by atoms with Crippen LogP contribution in [0.5, 0.6) is 0 Å². The van der Waals surface area contributed by atoms with E-state index >= 15 is 0 Å². The van der Waals surface area contributed by atoms with E-state index in [-0.39, 0.29) is 11.7 Å². The minimum Gasteiger partial charge on any atom is -0.305 e. The van der Waals surface area contributed by atoms with Crippen molar-refractivity contribution in [1.29, 1.82) is 0 Å². The van der Waals surface area contributed by atoms with Crippen LogP contribution >= 0.6 is 22.6 Å². The number of rotatable bonds is 2. The van der Waals surface area contributed by atoms with Crippen molar-refractivity contribution in [1.82, 2.24) is 10.2 Å². The van der Waals surface area contributed by atoms with Gasteiger partial charge >= 0.3 is 0 Å². The Labute approximate surface area is 111 Å². The topological polar surface area (TPSA) is 57.8 Å². The number of halogens is 2. The molecule has 4 nitrogen and oxygen atoms in total. The molecule has 0 saturated carbocycles. The fourth-order valence-corrected chi connectivity index (χ4v) is 2.06. The van der Waals surface area contributed by atoms with Crippen LogP contribution in [0.4, 0.5) is 10.2 Å². The first-order valence-electron chi connectivity index (χ1n) is 4.84. The lowest BCUT2D eigenvalue weighted by molar-refractivity contribution is 0.102. The van der Waals surface area contributed by atoms with Crippen LogP contribution < -0.4 is 5.32 Å². The zero-order valence-electron chi connectivity index (χ0n) is 8.92. The second-order valence-corrected chi connectivity index (χ2v) is 4.68. The maximum atomic E-state index is 12.9. The molecule has 2 rings (SSSR count). The molecule has 88 valence electrons. The van der Waals surface area contributed by atoms with E-state index < -0.39 is 0 Å². The highest BCUT2D eigenvalue weighted by molar-refractivity contribution is 14.1. The molecule has 0 aliphatic carbocycles. The van der Waals surface area contributed by atoms with Crippen molar-refractivity contribution in [3.8, 4) is 0 Å². The summed E-state index contributed by atoms with van der Waals surface area (Å²) in [5.41, 5.74) is 1.28. The van der Waals surface area contributed by atoms with Crippen molar-refractivity contribution < 1.29 is 9.18 Å². The normalized spacial score (nSPS) is 10.3. The van der Waals surface area contributed by atoms with Crippen molar-refractivity contribution >= 4 is 34.3 Å². The molecule has 2 aromatic rings. The summed E-state index contributed by atoms with van der Waals surface area (Å²) in [7, 11) is 0. The molecule has 0 radical (unpaired) electrons. The van der Waals surface area contributed by atoms with Crippen LogP contribution in [0.2, 0.25) is 0 Å². The summed E-state index contributed by atoms with van der Waals surface area (Å²) in [6.07, 6.45) is 0. The van der Waals surface area contributed by atoms with Crippen molar-refractivity contribution in [2.45, 2.75) is 6.92 Å². The summed E-state index contributed by atoms with van der Waals surface area (Å²) >= 11 is 1.92. The van der Waals surface area contributed by atoms with E-state index in [0.717, 1.165) is 5.69 Å². The Balaban J connectivity index is 2.20. The molecule has 0 unspecified atom stereocenters. The molecule has 0 bridgehead atoms. The largest absolute Gasteiger partial charge is 0.305 e. The van der Waals surface area contributed by atoms with Gasteiger partial charge in [0.15, 0.2) is 5.82 Å². The molecule has 17 heavy (non-hydrogen) atoms. The van der Waals surface area contributed by atoms with E-state index in [4.69, 9.17) is 0 Å². The molecule has 0 fully saturated rings. The number of aryl methyl sites for hydroxylation is 1. The maximum Gasteiger partial charge on any atom is 0.257 e. The highest BCUT2D eigenvalue weighted by atomic mass is 127. The van der Waals surface area contributed by atoms with Crippen molar-refractivity contribution in [3.63, 3.8) is 0 Å². The number of carbonyl (C=O) groups is 1. The van der Waals surface area contributed by atoms with Gasteiger partial charge in [0.1, 0.15) is 5.82 Å². The van der Waals surface area contributed by atoms with Crippen LogP contribution in [0.3, 0.4) is 0 Å². The number of hydrogen-bond donors (Lipinski definition) is 2. The molecule has 0 aliphatic rings. The zero-order chi connectivity index (χ0) is 12.4. The van der Waals surface area contributed by atoms with Crippen molar-refractivity contribution in [2.24, 2.45) is 0 Å². The molecule has 0 spiro atoms. The van der Waals surface area contributed by atoms with E-state index in [1.54, 1.807) is 6.07 Å². The predicted molar refractivity (Wildman–Crippen MR) is 70.4 cm³/mol. The lowest BCUT2D eigenvalue weighted by atomic mass is 10.2. The maximum absolute atomic E-state index is 12.9. The summed E-state index contributed by atoms with van der Waals surface area (Å²) in [5, 5.41) is 9.25. The van der Waals surface area contributed by atoms with Gasteiger partial charge in [-0.2, -0.15) is 5.10 Å². The number of H-pyrrole nitrogens is 1. The lowest BCUT2D eigenvalue weighted by Crippen LogP contribution is -2.13. The van der Waals surface area contributed by atoms with Crippen LogP contribution in [0.25, 0.3) is 0 Å². The minimum atomic E-state index is -0.360. The van der Waals surface area contributed by atoms with E-state index in [1.165, 1.54) is 18.2 Å². The first-order chi connectivity index (χ1) is 8.06. The van der Waals surface area contributed by atoms with Gasteiger partial charge in [-0.1, -0.05) is 0 Å². The number of hydrogen-bond acceptors (Lipinski definition) is 2. The molecule has 1 aromatic carbocycles. The molecule has 0 atom stereocenters. The Morgan fingerprint density at radius 3 is 2.82 bits per heavy atom. The first-order valence-corrected chi connectivity index (χ1v) is 5.92. The van der Waals surface area contributed by atoms with Gasteiger partial charge in [0.2, 0.25) is 0 Å². The Morgan fingerprint density at radius 1 is 1.47 bits per heavy atom. The molecule has 2 N–H and O–H groups in total. The number of aromatic amines is 1. The number of amides is 1. The van der Waals surface area contributed by atoms with Crippen LogP contribution in [-0.4, -0.2) is 16.1 Å². The Hall–Kier alpha value is -1.44. The lowest BCUT2D eigenvalue weighted by Gasteiger charge is -2.04. The van der Waals surface area contributed by atoms with Gasteiger partial charge in [-0.05, 0) is 47.7 Å². The Bertz CT molecular complexity index is 568. The molecule has 6 heteroatoms. The third-order valence-corrected chi connectivity index (χ3v) is 3.02. The molecule has 0 aliphatic heterocycles. The quantitative estimate of drug-likeness (QED) is 0.823. The average Bonchev–Trinajstić information content (AvgIpc) is 2.63. The Morgan fingerprint density at radius 2 is 2.24 bits per heavy atom. The van der Waals surface area contributed by atoms with Gasteiger partial charge in [-0.15, -0.1) is 0 Å². The van der Waals surface area contributed by atoms with Crippen molar-refractivity contribution in [2.75, 3.05) is 5.32 Å². The minimum absolute atomic E-state index is 0.305. The third kappa shape index (κ3) is 2.82. The van der Waals surface area contributed by atoms with Crippen LogP contribution in [0.15, 0.2) is 24.3 Å². The number of carbonyl (C=O) groups excluding carboxylic acids is 1. The van der Waals surface area contributed by atoms with E-state index in [2.05, 4.69) is 15.5 Å². The third-order valence-electron chi connectivity index (χ3n) is 2.12. The molecule has 1 heterocycles. The molecular formula is C11H9FIN3O. The summed E-state index contributed by atoms with van der Waals surface area (Å²) < 4.78 is 13.4. The number of benzene rings is 1. The highest BCUT2D eigenvalue weighted by Crippen LogP contribution is 2.15.